The molecule has 2 amide bonds. The van der Waals surface area contributed by atoms with Crippen molar-refractivity contribution in [2.45, 2.75) is 38.8 Å². The Balaban J connectivity index is 2.17. The monoisotopic (exact) mass is 381 g/mol. The van der Waals surface area contributed by atoms with Gasteiger partial charge in [0.1, 0.15) is 6.04 Å². The Labute approximate surface area is 165 Å². The smallest absolute Gasteiger partial charge is 0.251 e. The van der Waals surface area contributed by atoms with E-state index in [1.165, 1.54) is 0 Å². The molecule has 0 saturated carbocycles. The Morgan fingerprint density at radius 2 is 1.43 bits per heavy atom. The average Bonchev–Trinajstić information content (AvgIpc) is 2.68. The van der Waals surface area contributed by atoms with E-state index in [0.29, 0.717) is 5.56 Å². The third kappa shape index (κ3) is 6.54. The minimum Gasteiger partial charge on any atom is -0.548 e. The summed E-state index contributed by atoms with van der Waals surface area (Å²) >= 11 is 0. The number of aliphatic carboxylic acids is 1. The fraction of sp³-hybridized carbons (Fsp3) is 0.318. The Morgan fingerprint density at radius 1 is 0.857 bits per heavy atom. The molecular formula is C22H25N2O4-. The van der Waals surface area contributed by atoms with Gasteiger partial charge in [-0.3, -0.25) is 9.59 Å². The molecule has 0 aliphatic heterocycles. The first-order valence-corrected chi connectivity index (χ1v) is 9.28. The van der Waals surface area contributed by atoms with Crippen molar-refractivity contribution in [3.63, 3.8) is 0 Å². The largest absolute Gasteiger partial charge is 0.548 e. The number of nitrogens with one attached hydrogen (secondary N) is 2. The van der Waals surface area contributed by atoms with Gasteiger partial charge in [0.2, 0.25) is 5.91 Å². The van der Waals surface area contributed by atoms with Crippen molar-refractivity contribution in [1.29, 1.82) is 0 Å². The van der Waals surface area contributed by atoms with Crippen LogP contribution in [0.4, 0.5) is 0 Å². The zero-order valence-electron chi connectivity index (χ0n) is 16.1. The van der Waals surface area contributed by atoms with Crippen LogP contribution < -0.4 is 15.7 Å². The van der Waals surface area contributed by atoms with Gasteiger partial charge in [0.05, 0.1) is 12.0 Å². The van der Waals surface area contributed by atoms with Crippen LogP contribution in [0.5, 0.6) is 0 Å². The summed E-state index contributed by atoms with van der Waals surface area (Å²) in [7, 11) is 0. The molecule has 0 radical (unpaired) electrons. The molecule has 0 aliphatic carbocycles. The van der Waals surface area contributed by atoms with E-state index in [4.69, 9.17) is 0 Å². The van der Waals surface area contributed by atoms with E-state index in [-0.39, 0.29) is 18.8 Å². The molecule has 0 saturated heterocycles. The van der Waals surface area contributed by atoms with Gasteiger partial charge in [0.25, 0.3) is 5.91 Å². The van der Waals surface area contributed by atoms with Crippen LogP contribution in [-0.2, 0) is 16.0 Å². The minimum absolute atomic E-state index is 0.0645. The number of hydrogen-bond acceptors (Lipinski definition) is 4. The highest BCUT2D eigenvalue weighted by atomic mass is 16.4. The van der Waals surface area contributed by atoms with Crippen LogP contribution in [0.3, 0.4) is 0 Å². The molecular weight excluding hydrogens is 356 g/mol. The predicted octanol–water partition coefficient (Wildman–Crippen LogP) is 1.31. The van der Waals surface area contributed by atoms with Crippen LogP contribution in [0.1, 0.15) is 36.2 Å². The summed E-state index contributed by atoms with van der Waals surface area (Å²) in [4.78, 5) is 36.7. The summed E-state index contributed by atoms with van der Waals surface area (Å²) in [5.74, 6) is -2.22. The molecule has 2 N–H and O–H groups in total. The number of hydrogen-bond donors (Lipinski definition) is 2. The highest BCUT2D eigenvalue weighted by molar-refractivity contribution is 5.98. The Hall–Kier alpha value is -3.15. The van der Waals surface area contributed by atoms with Gasteiger partial charge in [-0.05, 0) is 30.0 Å². The fourth-order valence-corrected chi connectivity index (χ4v) is 2.85. The van der Waals surface area contributed by atoms with Crippen molar-refractivity contribution in [3.8, 4) is 0 Å². The molecule has 2 aromatic rings. The molecule has 0 spiro atoms. The van der Waals surface area contributed by atoms with Gasteiger partial charge < -0.3 is 20.5 Å². The molecule has 6 nitrogen and oxygen atoms in total. The minimum atomic E-state index is -1.34. The first-order valence-electron chi connectivity index (χ1n) is 9.28. The van der Waals surface area contributed by atoms with Gasteiger partial charge in [0, 0.05) is 12.0 Å². The summed E-state index contributed by atoms with van der Waals surface area (Å²) < 4.78 is 0. The molecule has 0 unspecified atom stereocenters. The first kappa shape index (κ1) is 21.2. The number of rotatable bonds is 9. The van der Waals surface area contributed by atoms with Crippen LogP contribution >= 0.6 is 0 Å². The van der Waals surface area contributed by atoms with Crippen LogP contribution in [-0.4, -0.2) is 29.9 Å². The summed E-state index contributed by atoms with van der Waals surface area (Å²) in [5, 5.41) is 16.6. The Bertz CT molecular complexity index is 791. The molecule has 6 heteroatoms. The van der Waals surface area contributed by atoms with E-state index < -0.39 is 29.9 Å². The molecule has 2 rings (SSSR count). The molecule has 2 atom stereocenters. The van der Waals surface area contributed by atoms with Crippen molar-refractivity contribution in [2.24, 2.45) is 5.92 Å². The van der Waals surface area contributed by atoms with Crippen LogP contribution in [0.15, 0.2) is 60.7 Å². The quantitative estimate of drug-likeness (QED) is 0.684. The zero-order chi connectivity index (χ0) is 20.5. The number of carbonyl (C=O) groups excluding carboxylic acids is 3. The number of carboxylic acids is 1. The highest BCUT2D eigenvalue weighted by Crippen LogP contribution is 2.08. The highest BCUT2D eigenvalue weighted by Gasteiger charge is 2.25. The second kappa shape index (κ2) is 10.3. The molecule has 2 aromatic carbocycles. The Morgan fingerprint density at radius 3 is 1.96 bits per heavy atom. The van der Waals surface area contributed by atoms with E-state index in [0.717, 1.165) is 5.56 Å². The second-order valence-electron chi connectivity index (χ2n) is 7.09. The molecule has 0 aromatic heterocycles. The number of benzene rings is 2. The van der Waals surface area contributed by atoms with E-state index in [1.54, 1.807) is 30.3 Å². The molecule has 0 bridgehead atoms. The van der Waals surface area contributed by atoms with E-state index in [9.17, 15) is 19.5 Å². The first-order chi connectivity index (χ1) is 13.4. The topological polar surface area (TPSA) is 98.3 Å². The summed E-state index contributed by atoms with van der Waals surface area (Å²) in [6.45, 7) is 3.72. The van der Waals surface area contributed by atoms with Gasteiger partial charge in [-0.2, -0.15) is 0 Å². The lowest BCUT2D eigenvalue weighted by Crippen LogP contribution is -2.55. The van der Waals surface area contributed by atoms with Crippen molar-refractivity contribution in [3.05, 3.63) is 71.8 Å². The molecule has 0 heterocycles. The van der Waals surface area contributed by atoms with Crippen molar-refractivity contribution in [1.82, 2.24) is 10.6 Å². The van der Waals surface area contributed by atoms with Gasteiger partial charge in [-0.1, -0.05) is 62.4 Å². The van der Waals surface area contributed by atoms with E-state index >= 15 is 0 Å². The van der Waals surface area contributed by atoms with Crippen LogP contribution in [0, 0.1) is 5.92 Å². The molecule has 28 heavy (non-hydrogen) atoms. The maximum Gasteiger partial charge on any atom is 0.251 e. The van der Waals surface area contributed by atoms with Gasteiger partial charge in [0.15, 0.2) is 0 Å². The molecule has 0 fully saturated rings. The lowest BCUT2D eigenvalue weighted by Gasteiger charge is -2.25. The van der Waals surface area contributed by atoms with Gasteiger partial charge >= 0.3 is 0 Å². The lowest BCUT2D eigenvalue weighted by molar-refractivity contribution is -0.308. The predicted molar refractivity (Wildman–Crippen MR) is 104 cm³/mol. The van der Waals surface area contributed by atoms with Gasteiger partial charge in [-0.25, -0.2) is 0 Å². The third-order valence-electron chi connectivity index (χ3n) is 4.25. The van der Waals surface area contributed by atoms with E-state index in [1.807, 2.05) is 44.2 Å². The van der Waals surface area contributed by atoms with Crippen LogP contribution in [0.25, 0.3) is 0 Å². The lowest BCUT2D eigenvalue weighted by atomic mass is 10.0. The zero-order valence-corrected chi connectivity index (χ0v) is 16.1. The maximum absolute atomic E-state index is 12.8. The van der Waals surface area contributed by atoms with Crippen LogP contribution in [0.2, 0.25) is 0 Å². The van der Waals surface area contributed by atoms with Crippen molar-refractivity contribution in [2.75, 3.05) is 0 Å². The number of carbonyl (C=O) groups is 3. The van der Waals surface area contributed by atoms with E-state index in [2.05, 4.69) is 10.6 Å². The SMILES string of the molecule is CC(C)C[C@H](NC(=O)[C@H](Cc1ccccc1)NC(=O)c1ccccc1)C(=O)[O-]. The summed E-state index contributed by atoms with van der Waals surface area (Å²) in [5.41, 5.74) is 1.27. The normalized spacial score (nSPS) is 12.8. The maximum atomic E-state index is 12.8. The van der Waals surface area contributed by atoms with Crippen molar-refractivity contribution >= 4 is 17.8 Å². The summed E-state index contributed by atoms with van der Waals surface area (Å²) in [6, 6.07) is 15.8. The standard InChI is InChI=1S/C22H26N2O4/c1-15(2)13-19(22(27)28)24-21(26)18(14-16-9-5-3-6-10-16)23-20(25)17-11-7-4-8-12-17/h3-12,15,18-19H,13-14H2,1-2H3,(H,23,25)(H,24,26)(H,27,28)/p-1/t18-,19-/m0/s1. The molecule has 148 valence electrons. The fourth-order valence-electron chi connectivity index (χ4n) is 2.85. The van der Waals surface area contributed by atoms with Gasteiger partial charge in [-0.15, -0.1) is 0 Å². The molecule has 0 aliphatic rings. The summed E-state index contributed by atoms with van der Waals surface area (Å²) in [6.07, 6.45) is 0.492. The number of amides is 2. The van der Waals surface area contributed by atoms with Crippen molar-refractivity contribution < 1.29 is 19.5 Å². The number of carboxylic acid groups (broad SMARTS) is 1. The average molecular weight is 381 g/mol. The Kier molecular flexibility index (Phi) is 7.75. The third-order valence-corrected chi connectivity index (χ3v) is 4.25. The second-order valence-corrected chi connectivity index (χ2v) is 7.09.